The molecule has 0 bridgehead atoms. The number of hydrogen-bond acceptors (Lipinski definition) is 6. The van der Waals surface area contributed by atoms with Crippen LogP contribution < -0.4 is 5.56 Å². The van der Waals surface area contributed by atoms with E-state index in [0.717, 1.165) is 0 Å². The van der Waals surface area contributed by atoms with Gasteiger partial charge in [0.1, 0.15) is 0 Å². The van der Waals surface area contributed by atoms with Crippen molar-refractivity contribution >= 4 is 17.3 Å². The van der Waals surface area contributed by atoms with Gasteiger partial charge in [0.25, 0.3) is 5.56 Å². The van der Waals surface area contributed by atoms with E-state index in [2.05, 4.69) is 0 Å². The van der Waals surface area contributed by atoms with Crippen LogP contribution in [-0.4, -0.2) is 60.5 Å². The van der Waals surface area contributed by atoms with Crippen molar-refractivity contribution in [1.29, 1.82) is 0 Å². The number of carbonyl (C=O) groups is 2. The van der Waals surface area contributed by atoms with Crippen LogP contribution in [-0.2, 0) is 9.47 Å². The zero-order valence-electron chi connectivity index (χ0n) is 14.1. The first-order chi connectivity index (χ1) is 12.1. The fraction of sp³-hybridized carbons (Fsp3) is 0.389. The molecule has 0 N–H and O–H groups in total. The Morgan fingerprint density at radius 3 is 2.68 bits per heavy atom. The molecular weight excluding hydrogens is 324 g/mol. The molecule has 0 saturated carbocycles. The zero-order chi connectivity index (χ0) is 17.8. The number of esters is 1. The normalized spacial score (nSPS) is 15.2. The molecule has 25 heavy (non-hydrogen) atoms. The molecule has 1 saturated heterocycles. The van der Waals surface area contributed by atoms with Crippen molar-refractivity contribution < 1.29 is 19.1 Å². The van der Waals surface area contributed by atoms with Crippen LogP contribution in [0.3, 0.4) is 0 Å². The van der Waals surface area contributed by atoms with Gasteiger partial charge in [-0.2, -0.15) is 0 Å². The Bertz CT molecular complexity index is 852. The van der Waals surface area contributed by atoms with Crippen LogP contribution in [0.25, 0.3) is 5.52 Å². The Morgan fingerprint density at radius 2 is 1.96 bits per heavy atom. The molecule has 0 atom stereocenters. The molecule has 7 heteroatoms. The largest absolute Gasteiger partial charge is 0.462 e. The summed E-state index contributed by atoms with van der Waals surface area (Å²) in [6.07, 6.45) is 1.55. The SMILES string of the molecule is CCOC(=O)c1cc(C(=O)CN2CCOCC2)c(=O)n2ccccc12. The number of morpholine rings is 1. The summed E-state index contributed by atoms with van der Waals surface area (Å²) in [5.41, 5.74) is 0.210. The molecule has 3 heterocycles. The van der Waals surface area contributed by atoms with E-state index in [1.165, 1.54) is 10.5 Å². The maximum absolute atomic E-state index is 12.7. The molecule has 0 aliphatic carbocycles. The number of hydrogen-bond donors (Lipinski definition) is 0. The van der Waals surface area contributed by atoms with E-state index in [-0.39, 0.29) is 30.1 Å². The number of fused-ring (bicyclic) bond motifs is 1. The molecule has 3 rings (SSSR count). The molecule has 0 unspecified atom stereocenters. The van der Waals surface area contributed by atoms with Crippen LogP contribution in [0.4, 0.5) is 0 Å². The van der Waals surface area contributed by atoms with Crippen LogP contribution in [0.2, 0.25) is 0 Å². The number of pyridine rings is 2. The molecule has 2 aromatic heterocycles. The van der Waals surface area contributed by atoms with E-state index in [9.17, 15) is 14.4 Å². The van der Waals surface area contributed by atoms with Crippen molar-refractivity contribution in [2.75, 3.05) is 39.5 Å². The second-order valence-corrected chi connectivity index (χ2v) is 5.76. The third-order valence-electron chi connectivity index (χ3n) is 4.14. The van der Waals surface area contributed by atoms with Gasteiger partial charge in [-0.3, -0.25) is 18.9 Å². The molecule has 0 spiro atoms. The van der Waals surface area contributed by atoms with Crippen molar-refractivity contribution in [3.05, 3.63) is 51.9 Å². The fourth-order valence-electron chi connectivity index (χ4n) is 2.87. The Hall–Kier alpha value is -2.51. The standard InChI is InChI=1S/C18H20N2O5/c1-2-25-18(23)13-11-14(16(21)12-19-7-9-24-10-8-19)17(22)20-6-4-3-5-15(13)20/h3-6,11H,2,7-10,12H2,1H3. The molecule has 0 radical (unpaired) electrons. The number of carbonyl (C=O) groups excluding carboxylic acids is 2. The smallest absolute Gasteiger partial charge is 0.340 e. The lowest BCUT2D eigenvalue weighted by Gasteiger charge is -2.25. The maximum Gasteiger partial charge on any atom is 0.340 e. The molecule has 132 valence electrons. The molecule has 1 aliphatic heterocycles. The number of aromatic nitrogens is 1. The number of rotatable bonds is 5. The minimum Gasteiger partial charge on any atom is -0.462 e. The summed E-state index contributed by atoms with van der Waals surface area (Å²) >= 11 is 0. The summed E-state index contributed by atoms with van der Waals surface area (Å²) in [5, 5.41) is 0. The zero-order valence-corrected chi connectivity index (χ0v) is 14.1. The second kappa shape index (κ2) is 7.58. The van der Waals surface area contributed by atoms with Crippen molar-refractivity contribution in [2.24, 2.45) is 0 Å². The fourth-order valence-corrected chi connectivity index (χ4v) is 2.87. The van der Waals surface area contributed by atoms with Gasteiger partial charge in [0, 0.05) is 19.3 Å². The summed E-state index contributed by atoms with van der Waals surface area (Å²) in [6.45, 7) is 4.47. The lowest BCUT2D eigenvalue weighted by Crippen LogP contribution is -2.40. The van der Waals surface area contributed by atoms with Gasteiger partial charge >= 0.3 is 5.97 Å². The Labute approximate surface area is 144 Å². The lowest BCUT2D eigenvalue weighted by molar-refractivity contribution is 0.0371. The molecular formula is C18H20N2O5. The van der Waals surface area contributed by atoms with Crippen molar-refractivity contribution in [2.45, 2.75) is 6.92 Å². The van der Waals surface area contributed by atoms with Gasteiger partial charge in [0.2, 0.25) is 0 Å². The van der Waals surface area contributed by atoms with Crippen molar-refractivity contribution in [1.82, 2.24) is 9.30 Å². The van der Waals surface area contributed by atoms with Gasteiger partial charge in [-0.1, -0.05) is 6.07 Å². The average Bonchev–Trinajstić information content (AvgIpc) is 2.63. The quantitative estimate of drug-likeness (QED) is 0.595. The minimum atomic E-state index is -0.549. The number of ketones is 1. The minimum absolute atomic E-state index is 0.00163. The van der Waals surface area contributed by atoms with Gasteiger partial charge in [-0.25, -0.2) is 4.79 Å². The monoisotopic (exact) mass is 344 g/mol. The molecule has 1 fully saturated rings. The van der Waals surface area contributed by atoms with Crippen LogP contribution >= 0.6 is 0 Å². The summed E-state index contributed by atoms with van der Waals surface area (Å²) in [4.78, 5) is 39.6. The van der Waals surface area contributed by atoms with Crippen molar-refractivity contribution in [3.63, 3.8) is 0 Å². The molecule has 7 nitrogen and oxygen atoms in total. The van der Waals surface area contributed by atoms with Gasteiger partial charge in [0.05, 0.1) is 43.0 Å². The van der Waals surface area contributed by atoms with Crippen LogP contribution in [0.1, 0.15) is 27.6 Å². The summed E-state index contributed by atoms with van der Waals surface area (Å²) < 4.78 is 11.7. The summed E-state index contributed by atoms with van der Waals surface area (Å²) in [6, 6.07) is 6.43. The van der Waals surface area contributed by atoms with E-state index in [1.807, 2.05) is 4.90 Å². The van der Waals surface area contributed by atoms with E-state index in [4.69, 9.17) is 9.47 Å². The van der Waals surface area contributed by atoms with Crippen LogP contribution in [0.15, 0.2) is 35.3 Å². The summed E-state index contributed by atoms with van der Waals surface area (Å²) in [5.74, 6) is -0.859. The lowest BCUT2D eigenvalue weighted by atomic mass is 10.1. The second-order valence-electron chi connectivity index (χ2n) is 5.76. The molecule has 0 amide bonds. The predicted octanol–water partition coefficient (Wildman–Crippen LogP) is 0.991. The summed E-state index contributed by atoms with van der Waals surface area (Å²) in [7, 11) is 0. The van der Waals surface area contributed by atoms with E-state index in [0.29, 0.717) is 31.8 Å². The van der Waals surface area contributed by atoms with E-state index in [1.54, 1.807) is 31.3 Å². The third-order valence-corrected chi connectivity index (χ3v) is 4.14. The third kappa shape index (κ3) is 3.62. The Kier molecular flexibility index (Phi) is 5.25. The highest BCUT2D eigenvalue weighted by Gasteiger charge is 2.22. The number of nitrogens with zero attached hydrogens (tertiary/aromatic N) is 2. The first-order valence-corrected chi connectivity index (χ1v) is 8.26. The highest BCUT2D eigenvalue weighted by molar-refractivity contribution is 6.03. The van der Waals surface area contributed by atoms with Gasteiger partial charge < -0.3 is 9.47 Å². The first kappa shape index (κ1) is 17.3. The van der Waals surface area contributed by atoms with Crippen LogP contribution in [0, 0.1) is 0 Å². The van der Waals surface area contributed by atoms with Gasteiger partial charge in [-0.05, 0) is 25.1 Å². The predicted molar refractivity (Wildman–Crippen MR) is 91.2 cm³/mol. The van der Waals surface area contributed by atoms with Gasteiger partial charge in [-0.15, -0.1) is 0 Å². The molecule has 2 aromatic rings. The van der Waals surface area contributed by atoms with Gasteiger partial charge in [0.15, 0.2) is 5.78 Å². The maximum atomic E-state index is 12.7. The number of Topliss-reactive ketones (excluding diaryl/α,β-unsaturated/α-hetero) is 1. The number of ether oxygens (including phenoxy) is 2. The van der Waals surface area contributed by atoms with Crippen molar-refractivity contribution in [3.8, 4) is 0 Å². The Balaban J connectivity index is 2.02. The molecule has 0 aromatic carbocycles. The van der Waals surface area contributed by atoms with E-state index >= 15 is 0 Å². The topological polar surface area (TPSA) is 77.3 Å². The highest BCUT2D eigenvalue weighted by Crippen LogP contribution is 2.13. The highest BCUT2D eigenvalue weighted by atomic mass is 16.5. The van der Waals surface area contributed by atoms with Crippen LogP contribution in [0.5, 0.6) is 0 Å². The van der Waals surface area contributed by atoms with E-state index < -0.39 is 11.5 Å². The first-order valence-electron chi connectivity index (χ1n) is 8.26. The average molecular weight is 344 g/mol. The molecule has 1 aliphatic rings. The Morgan fingerprint density at radius 1 is 1.20 bits per heavy atom.